The Bertz CT molecular complexity index is 803. The maximum atomic E-state index is 12.6. The molecule has 1 aliphatic rings. The largest absolute Gasteiger partial charge is 0.339 e. The molecule has 1 aromatic carbocycles. The van der Waals surface area contributed by atoms with Crippen molar-refractivity contribution >= 4 is 17.8 Å². The number of piperazine rings is 1. The van der Waals surface area contributed by atoms with E-state index in [4.69, 9.17) is 0 Å². The van der Waals surface area contributed by atoms with Crippen LogP contribution in [0.2, 0.25) is 0 Å². The molecule has 1 saturated heterocycles. The Hall–Kier alpha value is -2.96. The molecule has 1 fully saturated rings. The topological polar surface area (TPSA) is 69.6 Å². The number of benzene rings is 1. The van der Waals surface area contributed by atoms with Gasteiger partial charge in [0.15, 0.2) is 0 Å². The van der Waals surface area contributed by atoms with Crippen molar-refractivity contribution in [2.24, 2.45) is 0 Å². The number of carbonyl (C=O) groups is 2. The summed E-state index contributed by atoms with van der Waals surface area (Å²) in [5, 5.41) is 0. The highest BCUT2D eigenvalue weighted by atomic mass is 16.2. The molecule has 0 aliphatic carbocycles. The van der Waals surface area contributed by atoms with Crippen molar-refractivity contribution in [2.45, 2.75) is 26.8 Å². The van der Waals surface area contributed by atoms with E-state index in [1.54, 1.807) is 30.3 Å². The van der Waals surface area contributed by atoms with Gasteiger partial charge in [0.2, 0.25) is 17.8 Å². The molecule has 1 aromatic heterocycles. The molecule has 0 saturated carbocycles. The maximum Gasteiger partial charge on any atom is 0.225 e. The SMILES string of the molecule is CC(=O)N(CCC(=O)N1CCN(c2ncccn2)CC1)Cc1cccc(C)c1. The molecular formula is C21H27N5O2. The molecule has 0 atom stereocenters. The van der Waals surface area contributed by atoms with Crippen LogP contribution in [0.4, 0.5) is 5.95 Å². The average molecular weight is 381 g/mol. The summed E-state index contributed by atoms with van der Waals surface area (Å²) in [5.74, 6) is 0.778. The van der Waals surface area contributed by atoms with Gasteiger partial charge in [-0.05, 0) is 18.6 Å². The Labute approximate surface area is 166 Å². The van der Waals surface area contributed by atoms with Crippen LogP contribution in [0.15, 0.2) is 42.7 Å². The minimum atomic E-state index is -0.0136. The summed E-state index contributed by atoms with van der Waals surface area (Å²) < 4.78 is 0. The molecule has 3 rings (SSSR count). The molecule has 2 aromatic rings. The number of aromatic nitrogens is 2. The quantitative estimate of drug-likeness (QED) is 0.764. The van der Waals surface area contributed by atoms with Gasteiger partial charge in [-0.3, -0.25) is 9.59 Å². The van der Waals surface area contributed by atoms with Crippen molar-refractivity contribution in [3.8, 4) is 0 Å². The minimum Gasteiger partial charge on any atom is -0.339 e. The minimum absolute atomic E-state index is 0.0136. The number of rotatable bonds is 6. The number of amides is 2. The van der Waals surface area contributed by atoms with Crippen molar-refractivity contribution in [1.29, 1.82) is 0 Å². The summed E-state index contributed by atoms with van der Waals surface area (Å²) in [6, 6.07) is 9.90. The summed E-state index contributed by atoms with van der Waals surface area (Å²) in [6.07, 6.45) is 3.79. The van der Waals surface area contributed by atoms with Crippen molar-refractivity contribution < 1.29 is 9.59 Å². The van der Waals surface area contributed by atoms with Crippen molar-refractivity contribution in [2.75, 3.05) is 37.6 Å². The van der Waals surface area contributed by atoms with Gasteiger partial charge in [0.1, 0.15) is 0 Å². The van der Waals surface area contributed by atoms with Crippen LogP contribution in [0.5, 0.6) is 0 Å². The van der Waals surface area contributed by atoms with E-state index in [1.165, 1.54) is 0 Å². The van der Waals surface area contributed by atoms with E-state index in [1.807, 2.05) is 30.0 Å². The number of anilines is 1. The van der Waals surface area contributed by atoms with Gasteiger partial charge in [0.25, 0.3) is 0 Å². The number of hydrogen-bond acceptors (Lipinski definition) is 5. The highest BCUT2D eigenvalue weighted by Gasteiger charge is 2.23. The smallest absolute Gasteiger partial charge is 0.225 e. The van der Waals surface area contributed by atoms with Crippen LogP contribution in [0.1, 0.15) is 24.5 Å². The molecule has 7 nitrogen and oxygen atoms in total. The zero-order chi connectivity index (χ0) is 19.9. The average Bonchev–Trinajstić information content (AvgIpc) is 2.71. The first-order valence-corrected chi connectivity index (χ1v) is 9.64. The summed E-state index contributed by atoms with van der Waals surface area (Å²) in [7, 11) is 0. The maximum absolute atomic E-state index is 12.6. The van der Waals surface area contributed by atoms with Gasteiger partial charge in [-0.15, -0.1) is 0 Å². The van der Waals surface area contributed by atoms with Gasteiger partial charge in [-0.25, -0.2) is 9.97 Å². The zero-order valence-corrected chi connectivity index (χ0v) is 16.5. The third-order valence-electron chi connectivity index (χ3n) is 4.96. The molecule has 0 unspecified atom stereocenters. The first kappa shape index (κ1) is 19.8. The van der Waals surface area contributed by atoms with Gasteiger partial charge >= 0.3 is 0 Å². The lowest BCUT2D eigenvalue weighted by Crippen LogP contribution is -2.49. The van der Waals surface area contributed by atoms with Crippen molar-refractivity contribution in [3.05, 3.63) is 53.9 Å². The summed E-state index contributed by atoms with van der Waals surface area (Å²) >= 11 is 0. The van der Waals surface area contributed by atoms with Gasteiger partial charge in [-0.1, -0.05) is 29.8 Å². The van der Waals surface area contributed by atoms with Crippen LogP contribution in [-0.2, 0) is 16.1 Å². The van der Waals surface area contributed by atoms with Crippen LogP contribution in [-0.4, -0.2) is 64.3 Å². The predicted molar refractivity (Wildman–Crippen MR) is 108 cm³/mol. The lowest BCUT2D eigenvalue weighted by molar-refractivity contribution is -0.134. The molecule has 2 heterocycles. The van der Waals surface area contributed by atoms with Crippen molar-refractivity contribution in [1.82, 2.24) is 19.8 Å². The Kier molecular flexibility index (Phi) is 6.57. The molecule has 0 bridgehead atoms. The predicted octanol–water partition coefficient (Wildman–Crippen LogP) is 1.87. The van der Waals surface area contributed by atoms with Gasteiger partial charge < -0.3 is 14.7 Å². The fraction of sp³-hybridized carbons (Fsp3) is 0.429. The molecule has 7 heteroatoms. The number of aryl methyl sites for hydroxylation is 1. The van der Waals surface area contributed by atoms with Crippen LogP contribution < -0.4 is 4.90 Å². The Balaban J connectivity index is 1.49. The Morgan fingerprint density at radius 3 is 2.43 bits per heavy atom. The molecule has 0 radical (unpaired) electrons. The van der Waals surface area contributed by atoms with Crippen LogP contribution in [0.25, 0.3) is 0 Å². The van der Waals surface area contributed by atoms with E-state index < -0.39 is 0 Å². The monoisotopic (exact) mass is 381 g/mol. The second kappa shape index (κ2) is 9.30. The van der Waals surface area contributed by atoms with E-state index in [0.717, 1.165) is 24.2 Å². The number of hydrogen-bond donors (Lipinski definition) is 0. The number of carbonyl (C=O) groups excluding carboxylic acids is 2. The molecule has 28 heavy (non-hydrogen) atoms. The van der Waals surface area contributed by atoms with Gasteiger partial charge in [0.05, 0.1) is 0 Å². The second-order valence-corrected chi connectivity index (χ2v) is 7.10. The summed E-state index contributed by atoms with van der Waals surface area (Å²) in [6.45, 7) is 7.28. The van der Waals surface area contributed by atoms with E-state index in [-0.39, 0.29) is 11.8 Å². The molecule has 1 aliphatic heterocycles. The first-order chi connectivity index (χ1) is 13.5. The van der Waals surface area contributed by atoms with Crippen molar-refractivity contribution in [3.63, 3.8) is 0 Å². The van der Waals surface area contributed by atoms with Crippen LogP contribution in [0, 0.1) is 6.92 Å². The van der Waals surface area contributed by atoms with E-state index >= 15 is 0 Å². The second-order valence-electron chi connectivity index (χ2n) is 7.10. The Morgan fingerprint density at radius 2 is 1.79 bits per heavy atom. The Morgan fingerprint density at radius 1 is 1.07 bits per heavy atom. The first-order valence-electron chi connectivity index (χ1n) is 9.64. The highest BCUT2D eigenvalue weighted by Crippen LogP contribution is 2.12. The van der Waals surface area contributed by atoms with Crippen LogP contribution >= 0.6 is 0 Å². The molecule has 0 N–H and O–H groups in total. The van der Waals surface area contributed by atoms with E-state index in [9.17, 15) is 9.59 Å². The lowest BCUT2D eigenvalue weighted by atomic mass is 10.1. The third kappa shape index (κ3) is 5.28. The summed E-state index contributed by atoms with van der Waals surface area (Å²) in [5.41, 5.74) is 2.25. The highest BCUT2D eigenvalue weighted by molar-refractivity contribution is 5.78. The third-order valence-corrected chi connectivity index (χ3v) is 4.96. The number of nitrogens with zero attached hydrogens (tertiary/aromatic N) is 5. The molecule has 0 spiro atoms. The fourth-order valence-electron chi connectivity index (χ4n) is 3.38. The lowest BCUT2D eigenvalue weighted by Gasteiger charge is -2.35. The fourth-order valence-corrected chi connectivity index (χ4v) is 3.38. The molecule has 2 amide bonds. The molecule has 148 valence electrons. The van der Waals surface area contributed by atoms with E-state index in [0.29, 0.717) is 38.5 Å². The normalized spacial score (nSPS) is 14.1. The van der Waals surface area contributed by atoms with Crippen LogP contribution in [0.3, 0.4) is 0 Å². The standard InChI is InChI=1S/C21H27N5O2/c1-17-5-3-6-19(15-17)16-26(18(2)27)10-7-20(28)24-11-13-25(14-12-24)21-22-8-4-9-23-21/h3-6,8-9,15H,7,10-14,16H2,1-2H3. The van der Waals surface area contributed by atoms with E-state index in [2.05, 4.69) is 20.9 Å². The van der Waals surface area contributed by atoms with Gasteiger partial charge in [-0.2, -0.15) is 0 Å². The van der Waals surface area contributed by atoms with Gasteiger partial charge in [0, 0.05) is 65.0 Å². The zero-order valence-electron chi connectivity index (χ0n) is 16.5. The molecular weight excluding hydrogens is 354 g/mol. The summed E-state index contributed by atoms with van der Waals surface area (Å²) in [4.78, 5) is 38.8.